The van der Waals surface area contributed by atoms with E-state index >= 15 is 0 Å². The first-order chi connectivity index (χ1) is 11.1. The van der Waals surface area contributed by atoms with Crippen LogP contribution in [0.2, 0.25) is 0 Å². The molecule has 0 heterocycles. The predicted octanol–water partition coefficient (Wildman–Crippen LogP) is 5.84. The largest absolute Gasteiger partial charge is 0.305 e. The van der Waals surface area contributed by atoms with Crippen LogP contribution in [0, 0.1) is 0 Å². The molecule has 0 saturated heterocycles. The zero-order valence-corrected chi connectivity index (χ0v) is 15.0. The van der Waals surface area contributed by atoms with Crippen LogP contribution in [-0.4, -0.2) is 19.0 Å². The molecule has 0 spiro atoms. The summed E-state index contributed by atoms with van der Waals surface area (Å²) in [4.78, 5) is 2.22. The number of hydrogen-bond acceptors (Lipinski definition) is 1. The summed E-state index contributed by atoms with van der Waals surface area (Å²) in [6.07, 6.45) is 0. The molecular formula is C21H20BrN. The average molecular weight is 366 g/mol. The highest BCUT2D eigenvalue weighted by Crippen LogP contribution is 2.36. The summed E-state index contributed by atoms with van der Waals surface area (Å²) in [6, 6.07) is 25.7. The lowest BCUT2D eigenvalue weighted by atomic mass is 9.91. The van der Waals surface area contributed by atoms with Crippen molar-refractivity contribution in [2.45, 2.75) is 6.54 Å². The lowest BCUT2D eigenvalue weighted by Gasteiger charge is -2.20. The van der Waals surface area contributed by atoms with Gasteiger partial charge in [-0.3, -0.25) is 0 Å². The van der Waals surface area contributed by atoms with Crippen LogP contribution in [0.1, 0.15) is 5.56 Å². The van der Waals surface area contributed by atoms with Crippen molar-refractivity contribution >= 4 is 15.9 Å². The van der Waals surface area contributed by atoms with Gasteiger partial charge < -0.3 is 4.90 Å². The van der Waals surface area contributed by atoms with Crippen molar-refractivity contribution < 1.29 is 0 Å². The highest BCUT2D eigenvalue weighted by Gasteiger charge is 2.14. The molecule has 0 aromatic heterocycles. The first-order valence-electron chi connectivity index (χ1n) is 7.73. The molecule has 0 bridgehead atoms. The monoisotopic (exact) mass is 365 g/mol. The van der Waals surface area contributed by atoms with Crippen molar-refractivity contribution in [2.75, 3.05) is 14.1 Å². The summed E-state index contributed by atoms with van der Waals surface area (Å²) >= 11 is 3.69. The molecule has 3 rings (SSSR count). The molecule has 0 N–H and O–H groups in total. The average Bonchev–Trinajstić information content (AvgIpc) is 2.57. The molecule has 0 atom stereocenters. The lowest BCUT2D eigenvalue weighted by molar-refractivity contribution is 0.403. The van der Waals surface area contributed by atoms with Crippen LogP contribution >= 0.6 is 15.9 Å². The fourth-order valence-electron chi connectivity index (χ4n) is 2.87. The Kier molecular flexibility index (Phi) is 4.94. The Labute approximate surface area is 146 Å². The zero-order chi connectivity index (χ0) is 16.2. The van der Waals surface area contributed by atoms with Gasteiger partial charge in [0.1, 0.15) is 0 Å². The molecular weight excluding hydrogens is 346 g/mol. The molecule has 0 aliphatic carbocycles. The SMILES string of the molecule is CN(C)Cc1c(-c2ccccc2)cc(Br)cc1-c1ccccc1. The van der Waals surface area contributed by atoms with Crippen molar-refractivity contribution in [3.63, 3.8) is 0 Å². The highest BCUT2D eigenvalue weighted by molar-refractivity contribution is 9.10. The molecule has 0 unspecified atom stereocenters. The fraction of sp³-hybridized carbons (Fsp3) is 0.143. The van der Waals surface area contributed by atoms with Crippen LogP contribution in [0.3, 0.4) is 0 Å². The second-order valence-electron chi connectivity index (χ2n) is 5.95. The van der Waals surface area contributed by atoms with Gasteiger partial charge in [0.2, 0.25) is 0 Å². The number of hydrogen-bond donors (Lipinski definition) is 0. The Morgan fingerprint density at radius 1 is 0.739 bits per heavy atom. The third kappa shape index (κ3) is 3.72. The maximum Gasteiger partial charge on any atom is 0.0239 e. The van der Waals surface area contributed by atoms with Crippen LogP contribution in [0.25, 0.3) is 22.3 Å². The minimum absolute atomic E-state index is 0.904. The van der Waals surface area contributed by atoms with E-state index in [2.05, 4.69) is 108 Å². The minimum atomic E-state index is 0.904. The summed E-state index contributed by atoms with van der Waals surface area (Å²) in [6.45, 7) is 0.904. The molecule has 116 valence electrons. The second kappa shape index (κ2) is 7.12. The lowest BCUT2D eigenvalue weighted by Crippen LogP contribution is -2.12. The molecule has 0 radical (unpaired) electrons. The maximum atomic E-state index is 3.69. The van der Waals surface area contributed by atoms with Gasteiger partial charge in [0, 0.05) is 11.0 Å². The van der Waals surface area contributed by atoms with Crippen LogP contribution in [0.4, 0.5) is 0 Å². The molecule has 0 fully saturated rings. The molecule has 2 heteroatoms. The standard InChI is InChI=1S/C21H20BrN/c1-23(2)15-21-19(16-9-5-3-6-10-16)13-18(22)14-20(21)17-11-7-4-8-12-17/h3-14H,15H2,1-2H3. The molecule has 23 heavy (non-hydrogen) atoms. The first kappa shape index (κ1) is 16.0. The number of halogens is 1. The quantitative estimate of drug-likeness (QED) is 0.560. The third-order valence-corrected chi connectivity index (χ3v) is 4.32. The summed E-state index contributed by atoms with van der Waals surface area (Å²) in [5.41, 5.74) is 6.43. The summed E-state index contributed by atoms with van der Waals surface area (Å²) in [5, 5.41) is 0. The maximum absolute atomic E-state index is 3.69. The van der Waals surface area contributed by atoms with Crippen molar-refractivity contribution in [3.8, 4) is 22.3 Å². The normalized spacial score (nSPS) is 11.0. The fourth-order valence-corrected chi connectivity index (χ4v) is 3.33. The van der Waals surface area contributed by atoms with E-state index in [1.165, 1.54) is 27.8 Å². The summed E-state index contributed by atoms with van der Waals surface area (Å²) in [5.74, 6) is 0. The minimum Gasteiger partial charge on any atom is -0.305 e. The molecule has 0 amide bonds. The van der Waals surface area contributed by atoms with Gasteiger partial charge in [-0.2, -0.15) is 0 Å². The molecule has 3 aromatic rings. The van der Waals surface area contributed by atoms with Gasteiger partial charge >= 0.3 is 0 Å². The van der Waals surface area contributed by atoms with Gasteiger partial charge in [-0.15, -0.1) is 0 Å². The molecule has 0 aliphatic rings. The molecule has 3 aromatic carbocycles. The number of rotatable bonds is 4. The number of nitrogens with zero attached hydrogens (tertiary/aromatic N) is 1. The second-order valence-corrected chi connectivity index (χ2v) is 6.86. The van der Waals surface area contributed by atoms with Crippen molar-refractivity contribution in [2.24, 2.45) is 0 Å². The molecule has 0 saturated carbocycles. The van der Waals surface area contributed by atoms with Gasteiger partial charge in [0.15, 0.2) is 0 Å². The Balaban J connectivity index is 2.25. The molecule has 1 nitrogen and oxygen atoms in total. The van der Waals surface area contributed by atoms with Crippen LogP contribution in [0.5, 0.6) is 0 Å². The van der Waals surface area contributed by atoms with Crippen molar-refractivity contribution in [1.29, 1.82) is 0 Å². The Hall–Kier alpha value is -1.90. The Morgan fingerprint density at radius 2 is 1.17 bits per heavy atom. The first-order valence-corrected chi connectivity index (χ1v) is 8.52. The Bertz CT molecular complexity index is 719. The van der Waals surface area contributed by atoms with Gasteiger partial charge in [-0.1, -0.05) is 76.6 Å². The van der Waals surface area contributed by atoms with E-state index in [0.717, 1.165) is 11.0 Å². The van der Waals surface area contributed by atoms with Crippen molar-refractivity contribution in [1.82, 2.24) is 4.90 Å². The van der Waals surface area contributed by atoms with E-state index < -0.39 is 0 Å². The van der Waals surface area contributed by atoms with Crippen LogP contribution < -0.4 is 0 Å². The zero-order valence-electron chi connectivity index (χ0n) is 13.5. The summed E-state index contributed by atoms with van der Waals surface area (Å²) < 4.78 is 1.11. The summed E-state index contributed by atoms with van der Waals surface area (Å²) in [7, 11) is 4.23. The van der Waals surface area contributed by atoms with Gasteiger partial charge in [0.25, 0.3) is 0 Å². The topological polar surface area (TPSA) is 3.24 Å². The van der Waals surface area contributed by atoms with Crippen molar-refractivity contribution in [3.05, 3.63) is 82.8 Å². The highest BCUT2D eigenvalue weighted by atomic mass is 79.9. The molecule has 0 aliphatic heterocycles. The Morgan fingerprint density at radius 3 is 1.57 bits per heavy atom. The van der Waals surface area contributed by atoms with Gasteiger partial charge in [-0.05, 0) is 54.0 Å². The smallest absolute Gasteiger partial charge is 0.0239 e. The van der Waals surface area contributed by atoms with E-state index in [9.17, 15) is 0 Å². The number of benzene rings is 3. The van der Waals surface area contributed by atoms with Gasteiger partial charge in [-0.25, -0.2) is 0 Å². The van der Waals surface area contributed by atoms with E-state index in [1.807, 2.05) is 0 Å². The van der Waals surface area contributed by atoms with Crippen LogP contribution in [0.15, 0.2) is 77.3 Å². The third-order valence-electron chi connectivity index (χ3n) is 3.86. The van der Waals surface area contributed by atoms with E-state index in [1.54, 1.807) is 0 Å². The van der Waals surface area contributed by atoms with E-state index in [0.29, 0.717) is 0 Å². The predicted molar refractivity (Wildman–Crippen MR) is 102 cm³/mol. The van der Waals surface area contributed by atoms with Gasteiger partial charge in [0.05, 0.1) is 0 Å². The van der Waals surface area contributed by atoms with E-state index in [4.69, 9.17) is 0 Å². The van der Waals surface area contributed by atoms with E-state index in [-0.39, 0.29) is 0 Å². The van der Waals surface area contributed by atoms with Crippen LogP contribution in [-0.2, 0) is 6.54 Å².